The van der Waals surface area contributed by atoms with E-state index in [1.165, 1.54) is 24.3 Å². The minimum absolute atomic E-state index is 0. The minimum Gasteiger partial charge on any atom is -0.491 e. The summed E-state index contributed by atoms with van der Waals surface area (Å²) in [7, 11) is 1.92. The van der Waals surface area contributed by atoms with Crippen molar-refractivity contribution < 1.29 is 14.2 Å². The third kappa shape index (κ3) is 8.17. The fourth-order valence-electron chi connectivity index (χ4n) is 3.39. The van der Waals surface area contributed by atoms with Crippen LogP contribution in [0.5, 0.6) is 5.75 Å². The predicted octanol–water partition coefficient (Wildman–Crippen LogP) is 2.14. The molecule has 2 atom stereocenters. The van der Waals surface area contributed by atoms with Crippen molar-refractivity contribution in [2.75, 3.05) is 37.7 Å². The summed E-state index contributed by atoms with van der Waals surface area (Å²) >= 11 is 0. The number of rotatable bonds is 8. The molecule has 0 amide bonds. The number of aliphatic imine (C=N–C) groups is 1. The summed E-state index contributed by atoms with van der Waals surface area (Å²) in [5.74, 6) is 0.872. The van der Waals surface area contributed by atoms with E-state index in [9.17, 15) is 9.50 Å². The molecule has 1 aromatic carbocycles. The van der Waals surface area contributed by atoms with Crippen LogP contribution in [0.3, 0.4) is 0 Å². The molecule has 1 aromatic heterocycles. The number of aliphatic hydroxyl groups excluding tert-OH is 1. The number of aryl methyl sites for hydroxylation is 1. The van der Waals surface area contributed by atoms with E-state index >= 15 is 0 Å². The van der Waals surface area contributed by atoms with Gasteiger partial charge in [0, 0.05) is 38.9 Å². The third-order valence-corrected chi connectivity index (χ3v) is 4.88. The third-order valence-electron chi connectivity index (χ3n) is 4.88. The number of hydrogen-bond donors (Lipinski definition) is 3. The van der Waals surface area contributed by atoms with Crippen LogP contribution in [0.1, 0.15) is 19.8 Å². The van der Waals surface area contributed by atoms with Gasteiger partial charge in [-0.2, -0.15) is 5.10 Å². The van der Waals surface area contributed by atoms with Crippen LogP contribution in [0.25, 0.3) is 0 Å². The molecule has 0 saturated carbocycles. The molecule has 172 valence electrons. The zero-order chi connectivity index (χ0) is 21.3. The second-order valence-electron chi connectivity index (χ2n) is 7.44. The summed E-state index contributed by atoms with van der Waals surface area (Å²) in [5, 5.41) is 21.2. The van der Waals surface area contributed by atoms with Gasteiger partial charge in [-0.05, 0) is 44.0 Å². The van der Waals surface area contributed by atoms with Gasteiger partial charge in [-0.15, -0.1) is 24.0 Å². The van der Waals surface area contributed by atoms with Gasteiger partial charge in [0.1, 0.15) is 24.3 Å². The van der Waals surface area contributed by atoms with E-state index in [1.807, 2.05) is 31.0 Å². The molecule has 2 aromatic rings. The number of anilines is 1. The van der Waals surface area contributed by atoms with Crippen LogP contribution in [0, 0.1) is 5.82 Å². The maximum Gasteiger partial charge on any atom is 0.191 e. The molecule has 10 heteroatoms. The molecule has 2 heterocycles. The maximum absolute atomic E-state index is 12.9. The molecule has 0 bridgehead atoms. The predicted molar refractivity (Wildman–Crippen MR) is 131 cm³/mol. The first-order valence-electron chi connectivity index (χ1n) is 10.4. The number of aliphatic hydroxyl groups is 1. The molecule has 1 aliphatic rings. The highest BCUT2D eigenvalue weighted by atomic mass is 127. The Balaban J connectivity index is 0.00000341. The van der Waals surface area contributed by atoms with Crippen molar-refractivity contribution in [2.24, 2.45) is 12.0 Å². The van der Waals surface area contributed by atoms with Crippen LogP contribution in [0.15, 0.2) is 41.7 Å². The highest BCUT2D eigenvalue weighted by molar-refractivity contribution is 14.0. The van der Waals surface area contributed by atoms with E-state index in [0.717, 1.165) is 38.2 Å². The number of benzene rings is 1. The van der Waals surface area contributed by atoms with Gasteiger partial charge in [-0.25, -0.2) is 4.39 Å². The Bertz CT molecular complexity index is 816. The van der Waals surface area contributed by atoms with Crippen molar-refractivity contribution in [1.82, 2.24) is 20.4 Å². The first-order chi connectivity index (χ1) is 14.5. The van der Waals surface area contributed by atoms with Crippen molar-refractivity contribution in [3.63, 3.8) is 0 Å². The number of nitrogens with zero attached hydrogens (tertiary/aromatic N) is 4. The first kappa shape index (κ1) is 25.2. The van der Waals surface area contributed by atoms with Crippen molar-refractivity contribution in [3.05, 3.63) is 42.5 Å². The second-order valence-corrected chi connectivity index (χ2v) is 7.44. The van der Waals surface area contributed by atoms with Gasteiger partial charge in [-0.1, -0.05) is 0 Å². The number of ether oxygens (including phenoxy) is 1. The summed E-state index contributed by atoms with van der Waals surface area (Å²) in [6.07, 6.45) is 5.29. The van der Waals surface area contributed by atoms with Gasteiger partial charge in [0.05, 0.1) is 18.4 Å². The average molecular weight is 546 g/mol. The van der Waals surface area contributed by atoms with Crippen LogP contribution in [-0.4, -0.2) is 65.8 Å². The molecule has 0 radical (unpaired) electrons. The number of nitrogens with one attached hydrogen (secondary N) is 2. The molecule has 0 aliphatic carbocycles. The van der Waals surface area contributed by atoms with Crippen molar-refractivity contribution in [2.45, 2.75) is 31.9 Å². The Morgan fingerprint density at radius 3 is 2.84 bits per heavy atom. The summed E-state index contributed by atoms with van der Waals surface area (Å²) in [4.78, 5) is 6.83. The summed E-state index contributed by atoms with van der Waals surface area (Å²) in [5.41, 5.74) is 1.12. The van der Waals surface area contributed by atoms with E-state index in [2.05, 4.69) is 25.6 Å². The Morgan fingerprint density at radius 2 is 2.16 bits per heavy atom. The lowest BCUT2D eigenvalue weighted by atomic mass is 10.1. The molecule has 2 unspecified atom stereocenters. The quantitative estimate of drug-likeness (QED) is 0.267. The zero-order valence-electron chi connectivity index (χ0n) is 18.0. The van der Waals surface area contributed by atoms with Gasteiger partial charge >= 0.3 is 0 Å². The van der Waals surface area contributed by atoms with Crippen molar-refractivity contribution >= 4 is 35.6 Å². The Labute approximate surface area is 199 Å². The number of halogens is 2. The summed E-state index contributed by atoms with van der Waals surface area (Å²) in [6.45, 7) is 4.91. The molecular weight excluding hydrogens is 514 g/mol. The smallest absolute Gasteiger partial charge is 0.191 e. The van der Waals surface area contributed by atoms with Crippen LogP contribution in [0.2, 0.25) is 0 Å². The Hall–Kier alpha value is -2.08. The highest BCUT2D eigenvalue weighted by Crippen LogP contribution is 2.19. The zero-order valence-corrected chi connectivity index (χ0v) is 20.3. The maximum atomic E-state index is 12.9. The lowest BCUT2D eigenvalue weighted by molar-refractivity contribution is 0.114. The molecule has 3 N–H and O–H groups in total. The fraction of sp³-hybridized carbons (Fsp3) is 0.524. The van der Waals surface area contributed by atoms with Crippen LogP contribution in [-0.2, 0) is 7.05 Å². The van der Waals surface area contributed by atoms with E-state index in [4.69, 9.17) is 4.74 Å². The molecule has 31 heavy (non-hydrogen) atoms. The number of piperidine rings is 1. The number of hydrogen-bond acceptors (Lipinski definition) is 5. The van der Waals surface area contributed by atoms with Gasteiger partial charge < -0.3 is 25.4 Å². The largest absolute Gasteiger partial charge is 0.491 e. The molecule has 0 spiro atoms. The average Bonchev–Trinajstić information content (AvgIpc) is 3.18. The van der Waals surface area contributed by atoms with E-state index < -0.39 is 6.10 Å². The standard InChI is InChI=1S/C21H31FN6O2.HI/c1-3-23-21(24-12-19(29)15-30-20-8-6-16(22)7-9-20)26-17-5-4-10-28(13-17)18-11-25-27(2)14-18;/h6-9,11,14,17,19,29H,3-5,10,12-13,15H2,1-2H3,(H2,23,24,26);1H. The number of aromatic nitrogens is 2. The van der Waals surface area contributed by atoms with E-state index in [-0.39, 0.29) is 49.0 Å². The normalized spacial score (nSPS) is 17.6. The number of guanidine groups is 1. The van der Waals surface area contributed by atoms with Gasteiger partial charge in [-0.3, -0.25) is 9.67 Å². The molecule has 1 saturated heterocycles. The van der Waals surface area contributed by atoms with E-state index in [1.54, 1.807) is 0 Å². The Kier molecular flexibility index (Phi) is 10.3. The monoisotopic (exact) mass is 546 g/mol. The molecule has 1 aliphatic heterocycles. The van der Waals surface area contributed by atoms with Crippen molar-refractivity contribution in [1.29, 1.82) is 0 Å². The van der Waals surface area contributed by atoms with Crippen LogP contribution < -0.4 is 20.3 Å². The molecule has 1 fully saturated rings. The molecule has 3 rings (SSSR count). The van der Waals surface area contributed by atoms with Gasteiger partial charge in [0.25, 0.3) is 0 Å². The lowest BCUT2D eigenvalue weighted by Gasteiger charge is -2.34. The van der Waals surface area contributed by atoms with Crippen LogP contribution in [0.4, 0.5) is 10.1 Å². The lowest BCUT2D eigenvalue weighted by Crippen LogP contribution is -2.51. The highest BCUT2D eigenvalue weighted by Gasteiger charge is 2.22. The van der Waals surface area contributed by atoms with Crippen LogP contribution >= 0.6 is 24.0 Å². The van der Waals surface area contributed by atoms with Gasteiger partial charge in [0.15, 0.2) is 5.96 Å². The second kappa shape index (κ2) is 12.7. The van der Waals surface area contributed by atoms with Crippen molar-refractivity contribution in [3.8, 4) is 5.75 Å². The van der Waals surface area contributed by atoms with E-state index in [0.29, 0.717) is 11.7 Å². The van der Waals surface area contributed by atoms with Gasteiger partial charge in [0.2, 0.25) is 0 Å². The summed E-state index contributed by atoms with van der Waals surface area (Å²) in [6, 6.07) is 5.98. The summed E-state index contributed by atoms with van der Waals surface area (Å²) < 4.78 is 20.2. The molecular formula is C21H32FIN6O2. The first-order valence-corrected chi connectivity index (χ1v) is 10.4. The Morgan fingerprint density at radius 1 is 1.39 bits per heavy atom. The SMILES string of the molecule is CCNC(=NCC(O)COc1ccc(F)cc1)NC1CCCN(c2cnn(C)c2)C1.I. The fourth-order valence-corrected chi connectivity index (χ4v) is 3.39. The minimum atomic E-state index is -0.760. The molecule has 8 nitrogen and oxygen atoms in total. The topological polar surface area (TPSA) is 86.9 Å².